The molecule has 2 aromatic carbocycles. The number of carbonyl (C=O) groups excluding carboxylic acids is 1. The minimum Gasteiger partial charge on any atom is -0.322 e. The van der Waals surface area contributed by atoms with E-state index in [1.165, 1.54) is 29.5 Å². The molecule has 2 aromatic rings. The van der Waals surface area contributed by atoms with Gasteiger partial charge < -0.3 is 10.6 Å². The number of carbonyl (C=O) groups is 1. The second kappa shape index (κ2) is 5.41. The average Bonchev–Trinajstić information content (AvgIpc) is 3.25. The van der Waals surface area contributed by atoms with E-state index in [0.717, 1.165) is 18.8 Å². The molecule has 1 amide bonds. The van der Waals surface area contributed by atoms with Gasteiger partial charge in [0.05, 0.1) is 0 Å². The molecule has 1 aliphatic heterocycles. The number of hydrogen-bond acceptors (Lipinski definition) is 2. The lowest BCUT2D eigenvalue weighted by Gasteiger charge is -2.09. The highest BCUT2D eigenvalue weighted by atomic mass is 35.5. The van der Waals surface area contributed by atoms with Gasteiger partial charge >= 0.3 is 0 Å². The van der Waals surface area contributed by atoms with Crippen LogP contribution in [-0.2, 0) is 13.1 Å². The standard InChI is InChI=1S/C18H17ClN2O/c19-16-6-13(11-1-2-11)5-14(7-16)18(22)21-17-4-3-12-9-20-10-15(12)8-17/h3-8,11,20H,1-2,9-10H2,(H,21,22). The van der Waals surface area contributed by atoms with Crippen molar-refractivity contribution in [3.63, 3.8) is 0 Å². The average molecular weight is 313 g/mol. The van der Waals surface area contributed by atoms with E-state index in [4.69, 9.17) is 11.6 Å². The third-order valence-electron chi connectivity index (χ3n) is 4.33. The van der Waals surface area contributed by atoms with Gasteiger partial charge in [0.2, 0.25) is 0 Å². The van der Waals surface area contributed by atoms with Crippen LogP contribution in [0, 0.1) is 0 Å². The zero-order valence-electron chi connectivity index (χ0n) is 12.2. The van der Waals surface area contributed by atoms with Crippen LogP contribution < -0.4 is 10.6 Å². The lowest BCUT2D eigenvalue weighted by Crippen LogP contribution is -2.12. The first-order valence-corrected chi connectivity index (χ1v) is 8.01. The molecule has 1 aliphatic carbocycles. The maximum atomic E-state index is 12.5. The quantitative estimate of drug-likeness (QED) is 0.897. The van der Waals surface area contributed by atoms with E-state index in [9.17, 15) is 4.79 Å². The van der Waals surface area contributed by atoms with Crippen molar-refractivity contribution in [3.05, 3.63) is 63.7 Å². The van der Waals surface area contributed by atoms with Gasteiger partial charge in [-0.2, -0.15) is 0 Å². The molecule has 1 saturated carbocycles. The van der Waals surface area contributed by atoms with E-state index < -0.39 is 0 Å². The van der Waals surface area contributed by atoms with Crippen molar-refractivity contribution in [1.29, 1.82) is 0 Å². The van der Waals surface area contributed by atoms with E-state index in [-0.39, 0.29) is 5.91 Å². The minimum absolute atomic E-state index is 0.102. The molecule has 0 atom stereocenters. The normalized spacial score (nSPS) is 16.4. The highest BCUT2D eigenvalue weighted by Gasteiger charge is 2.25. The number of halogens is 1. The van der Waals surface area contributed by atoms with Gasteiger partial charge in [-0.1, -0.05) is 17.7 Å². The van der Waals surface area contributed by atoms with Crippen LogP contribution in [0.5, 0.6) is 0 Å². The molecule has 0 unspecified atom stereocenters. The van der Waals surface area contributed by atoms with E-state index in [2.05, 4.69) is 16.7 Å². The van der Waals surface area contributed by atoms with Gasteiger partial charge in [0.1, 0.15) is 0 Å². The first-order chi connectivity index (χ1) is 10.7. The Morgan fingerprint density at radius 1 is 1.09 bits per heavy atom. The fraction of sp³-hybridized carbons (Fsp3) is 0.278. The first kappa shape index (κ1) is 13.8. The van der Waals surface area contributed by atoms with Crippen LogP contribution in [0.2, 0.25) is 5.02 Å². The van der Waals surface area contributed by atoms with Crippen molar-refractivity contribution in [2.75, 3.05) is 5.32 Å². The molecular formula is C18H17ClN2O. The first-order valence-electron chi connectivity index (χ1n) is 7.63. The van der Waals surface area contributed by atoms with E-state index in [0.29, 0.717) is 16.5 Å². The maximum Gasteiger partial charge on any atom is 0.255 e. The third kappa shape index (κ3) is 2.74. The Kier molecular flexibility index (Phi) is 3.40. The Morgan fingerprint density at radius 3 is 2.73 bits per heavy atom. The number of anilines is 1. The third-order valence-corrected chi connectivity index (χ3v) is 4.54. The Hall–Kier alpha value is -1.84. The lowest BCUT2D eigenvalue weighted by atomic mass is 10.1. The summed E-state index contributed by atoms with van der Waals surface area (Å²) >= 11 is 6.16. The molecule has 22 heavy (non-hydrogen) atoms. The van der Waals surface area contributed by atoms with Crippen LogP contribution in [0.4, 0.5) is 5.69 Å². The predicted molar refractivity (Wildman–Crippen MR) is 88.4 cm³/mol. The lowest BCUT2D eigenvalue weighted by molar-refractivity contribution is 0.102. The van der Waals surface area contributed by atoms with E-state index in [1.54, 1.807) is 6.07 Å². The summed E-state index contributed by atoms with van der Waals surface area (Å²) in [6.07, 6.45) is 2.39. The van der Waals surface area contributed by atoms with Gasteiger partial charge in [-0.15, -0.1) is 0 Å². The van der Waals surface area contributed by atoms with Gasteiger partial charge in [-0.25, -0.2) is 0 Å². The Labute approximate surface area is 134 Å². The largest absolute Gasteiger partial charge is 0.322 e. The van der Waals surface area contributed by atoms with Crippen LogP contribution in [0.25, 0.3) is 0 Å². The molecule has 3 nitrogen and oxygen atoms in total. The smallest absolute Gasteiger partial charge is 0.255 e. The maximum absolute atomic E-state index is 12.5. The highest BCUT2D eigenvalue weighted by Crippen LogP contribution is 2.41. The van der Waals surface area contributed by atoms with Crippen LogP contribution in [-0.4, -0.2) is 5.91 Å². The van der Waals surface area contributed by atoms with Crippen molar-refractivity contribution in [3.8, 4) is 0 Å². The molecule has 2 aliphatic rings. The molecule has 2 N–H and O–H groups in total. The fourth-order valence-electron chi connectivity index (χ4n) is 2.97. The van der Waals surface area contributed by atoms with Crippen molar-refractivity contribution in [2.24, 2.45) is 0 Å². The molecule has 0 radical (unpaired) electrons. The number of nitrogens with one attached hydrogen (secondary N) is 2. The topological polar surface area (TPSA) is 41.1 Å². The molecule has 0 saturated heterocycles. The van der Waals surface area contributed by atoms with Crippen molar-refractivity contribution < 1.29 is 4.79 Å². The number of fused-ring (bicyclic) bond motifs is 1. The van der Waals surface area contributed by atoms with Gasteiger partial charge in [0.15, 0.2) is 0 Å². The Bertz CT molecular complexity index is 753. The molecule has 4 rings (SSSR count). The Balaban J connectivity index is 1.57. The van der Waals surface area contributed by atoms with Gasteiger partial charge in [0, 0.05) is 29.4 Å². The molecule has 1 heterocycles. The molecule has 0 aromatic heterocycles. The zero-order valence-corrected chi connectivity index (χ0v) is 12.9. The second-order valence-electron chi connectivity index (χ2n) is 6.09. The molecular weight excluding hydrogens is 296 g/mol. The number of rotatable bonds is 3. The molecule has 0 spiro atoms. The molecule has 4 heteroatoms. The monoisotopic (exact) mass is 312 g/mol. The fourth-order valence-corrected chi connectivity index (χ4v) is 3.22. The van der Waals surface area contributed by atoms with Crippen molar-refractivity contribution in [2.45, 2.75) is 31.8 Å². The summed E-state index contributed by atoms with van der Waals surface area (Å²) in [7, 11) is 0. The summed E-state index contributed by atoms with van der Waals surface area (Å²) in [5.41, 5.74) is 5.20. The van der Waals surface area contributed by atoms with Gasteiger partial charge in [-0.3, -0.25) is 4.79 Å². The summed E-state index contributed by atoms with van der Waals surface area (Å²) in [6.45, 7) is 1.77. The van der Waals surface area contributed by atoms with Crippen LogP contribution in [0.3, 0.4) is 0 Å². The van der Waals surface area contributed by atoms with Crippen LogP contribution in [0.15, 0.2) is 36.4 Å². The second-order valence-corrected chi connectivity index (χ2v) is 6.53. The number of hydrogen-bond donors (Lipinski definition) is 2. The van der Waals surface area contributed by atoms with Crippen molar-refractivity contribution in [1.82, 2.24) is 5.32 Å². The van der Waals surface area contributed by atoms with Crippen molar-refractivity contribution >= 4 is 23.2 Å². The van der Waals surface area contributed by atoms with E-state index >= 15 is 0 Å². The number of benzene rings is 2. The summed E-state index contributed by atoms with van der Waals surface area (Å²) in [6, 6.07) is 11.7. The summed E-state index contributed by atoms with van der Waals surface area (Å²) < 4.78 is 0. The molecule has 112 valence electrons. The van der Waals surface area contributed by atoms with Crippen LogP contribution >= 0.6 is 11.6 Å². The molecule has 0 bridgehead atoms. The Morgan fingerprint density at radius 2 is 1.91 bits per heavy atom. The van der Waals surface area contributed by atoms with Gasteiger partial charge in [-0.05, 0) is 65.8 Å². The van der Waals surface area contributed by atoms with Crippen LogP contribution in [0.1, 0.15) is 45.8 Å². The predicted octanol–water partition coefficient (Wildman–Crippen LogP) is 4.07. The SMILES string of the molecule is O=C(Nc1ccc2c(c1)CNC2)c1cc(Cl)cc(C2CC2)c1. The minimum atomic E-state index is -0.102. The highest BCUT2D eigenvalue weighted by molar-refractivity contribution is 6.31. The summed E-state index contributed by atoms with van der Waals surface area (Å²) in [5, 5.41) is 6.91. The van der Waals surface area contributed by atoms with Gasteiger partial charge in [0.25, 0.3) is 5.91 Å². The molecule has 1 fully saturated rings. The number of amides is 1. The van der Waals surface area contributed by atoms with E-state index in [1.807, 2.05) is 24.3 Å². The zero-order chi connectivity index (χ0) is 15.1. The summed E-state index contributed by atoms with van der Waals surface area (Å²) in [5.74, 6) is 0.478. The summed E-state index contributed by atoms with van der Waals surface area (Å²) in [4.78, 5) is 12.5.